The maximum absolute atomic E-state index is 13.8. The molecule has 0 radical (unpaired) electrons. The van der Waals surface area contributed by atoms with Gasteiger partial charge in [0, 0.05) is 27.1 Å². The second-order valence-electron chi connectivity index (χ2n) is 8.99. The first-order valence-electron chi connectivity index (χ1n) is 12.3. The molecule has 0 bridgehead atoms. The fourth-order valence-electron chi connectivity index (χ4n) is 4.36. The fraction of sp³-hybridized carbons (Fsp3) is 0.241. The number of halogens is 2. The number of aliphatic hydroxyl groups is 1. The smallest absolute Gasteiger partial charge is 0.255 e. The van der Waals surface area contributed by atoms with Crippen LogP contribution in [0.5, 0.6) is 5.75 Å². The number of aromatic nitrogens is 1. The average Bonchev–Trinajstić information content (AvgIpc) is 3.32. The third kappa shape index (κ3) is 6.16. The highest BCUT2D eigenvalue weighted by atomic mass is 127. The fourth-order valence-corrected chi connectivity index (χ4v) is 4.99. The predicted molar refractivity (Wildman–Crippen MR) is 154 cm³/mol. The summed E-state index contributed by atoms with van der Waals surface area (Å²) >= 11 is 2.18. The van der Waals surface area contributed by atoms with Gasteiger partial charge in [0.15, 0.2) is 0 Å². The van der Waals surface area contributed by atoms with Gasteiger partial charge in [-0.3, -0.25) is 9.59 Å². The molecule has 0 fully saturated rings. The zero-order valence-corrected chi connectivity index (χ0v) is 23.0. The minimum Gasteiger partial charge on any atom is -0.493 e. The Labute approximate surface area is 233 Å². The van der Waals surface area contributed by atoms with Crippen LogP contribution in [0, 0.1) is 5.82 Å². The molecule has 38 heavy (non-hydrogen) atoms. The molecule has 7 nitrogen and oxygen atoms in total. The standard InChI is InChI=1S/C29H29FIN3O4/c1-2-9-38-27-8-4-18(17-3-6-23(28(32)36)19(10-17)14-31)12-25(27)29(37)34-22(16-35)11-20-15-33-26-7-5-21(30)13-24(20)26/h3-8,10,12-13,15,22,33,35H,2,9,11,14,16H2,1H3,(H2,32,36)(H,34,37). The summed E-state index contributed by atoms with van der Waals surface area (Å²) in [5.41, 5.74) is 10.3. The van der Waals surface area contributed by atoms with Gasteiger partial charge in [-0.25, -0.2) is 4.39 Å². The molecule has 0 aliphatic rings. The Balaban J connectivity index is 1.63. The van der Waals surface area contributed by atoms with Crippen molar-refractivity contribution in [2.24, 2.45) is 5.73 Å². The van der Waals surface area contributed by atoms with Gasteiger partial charge in [0.2, 0.25) is 5.91 Å². The Morgan fingerprint density at radius 3 is 2.55 bits per heavy atom. The predicted octanol–water partition coefficient (Wildman–Crippen LogP) is 5.13. The average molecular weight is 629 g/mol. The number of aliphatic hydroxyl groups excluding tert-OH is 1. The minimum absolute atomic E-state index is 0.299. The van der Waals surface area contributed by atoms with Crippen molar-refractivity contribution in [2.75, 3.05) is 13.2 Å². The van der Waals surface area contributed by atoms with Gasteiger partial charge >= 0.3 is 0 Å². The molecule has 0 saturated carbocycles. The van der Waals surface area contributed by atoms with Crippen LogP contribution in [0.3, 0.4) is 0 Å². The van der Waals surface area contributed by atoms with E-state index in [1.807, 2.05) is 19.1 Å². The number of nitrogens with one attached hydrogen (secondary N) is 2. The summed E-state index contributed by atoms with van der Waals surface area (Å²) in [7, 11) is 0. The highest BCUT2D eigenvalue weighted by molar-refractivity contribution is 14.1. The largest absolute Gasteiger partial charge is 0.493 e. The number of amides is 2. The van der Waals surface area contributed by atoms with E-state index >= 15 is 0 Å². The van der Waals surface area contributed by atoms with Gasteiger partial charge < -0.3 is 25.9 Å². The van der Waals surface area contributed by atoms with E-state index in [0.29, 0.717) is 39.7 Å². The minimum atomic E-state index is -0.604. The number of aromatic amines is 1. The Morgan fingerprint density at radius 1 is 1.08 bits per heavy atom. The van der Waals surface area contributed by atoms with Crippen LogP contribution in [0.1, 0.15) is 45.2 Å². The van der Waals surface area contributed by atoms with Gasteiger partial charge in [0.05, 0.1) is 24.8 Å². The van der Waals surface area contributed by atoms with Crippen LogP contribution in [0.4, 0.5) is 4.39 Å². The van der Waals surface area contributed by atoms with Gasteiger partial charge in [0.25, 0.3) is 5.91 Å². The van der Waals surface area contributed by atoms with E-state index in [4.69, 9.17) is 10.5 Å². The van der Waals surface area contributed by atoms with E-state index in [2.05, 4.69) is 32.9 Å². The van der Waals surface area contributed by atoms with Crippen molar-refractivity contribution >= 4 is 45.3 Å². The first-order valence-corrected chi connectivity index (χ1v) is 13.8. The highest BCUT2D eigenvalue weighted by Gasteiger charge is 2.20. The van der Waals surface area contributed by atoms with Crippen molar-refractivity contribution < 1.29 is 23.8 Å². The number of fused-ring (bicyclic) bond motifs is 1. The van der Waals surface area contributed by atoms with Gasteiger partial charge in [-0.2, -0.15) is 0 Å². The van der Waals surface area contributed by atoms with Crippen LogP contribution < -0.4 is 15.8 Å². The SMILES string of the molecule is CCCOc1ccc(-c2ccc(C(N)=O)c(CI)c2)cc1C(=O)NC(CO)Cc1c[nH]c2ccc(F)cc12. The van der Waals surface area contributed by atoms with Crippen molar-refractivity contribution in [1.29, 1.82) is 0 Å². The molecule has 4 aromatic rings. The summed E-state index contributed by atoms with van der Waals surface area (Å²) in [6, 6.07) is 14.6. The number of carbonyl (C=O) groups excluding carboxylic acids is 2. The summed E-state index contributed by atoms with van der Waals surface area (Å²) in [6.45, 7) is 2.12. The van der Waals surface area contributed by atoms with Gasteiger partial charge in [-0.1, -0.05) is 41.6 Å². The number of ether oxygens (including phenoxy) is 1. The molecular weight excluding hydrogens is 600 g/mol. The molecule has 198 valence electrons. The summed E-state index contributed by atoms with van der Waals surface area (Å²) in [4.78, 5) is 28.3. The van der Waals surface area contributed by atoms with Gasteiger partial charge in [-0.05, 0) is 77.6 Å². The third-order valence-electron chi connectivity index (χ3n) is 6.29. The number of H-pyrrole nitrogens is 1. The van der Waals surface area contributed by atoms with Crippen molar-refractivity contribution in [2.45, 2.75) is 30.2 Å². The Bertz CT molecular complexity index is 1470. The number of primary amides is 1. The van der Waals surface area contributed by atoms with Gasteiger partial charge in [0.1, 0.15) is 11.6 Å². The lowest BCUT2D eigenvalue weighted by molar-refractivity contribution is 0.0911. The normalized spacial score (nSPS) is 11.9. The Hall–Kier alpha value is -3.44. The first kappa shape index (κ1) is 27.6. The highest BCUT2D eigenvalue weighted by Crippen LogP contribution is 2.30. The van der Waals surface area contributed by atoms with E-state index in [9.17, 15) is 19.1 Å². The number of carbonyl (C=O) groups is 2. The van der Waals surface area contributed by atoms with E-state index in [1.165, 1.54) is 12.1 Å². The van der Waals surface area contributed by atoms with Crippen molar-refractivity contribution in [1.82, 2.24) is 10.3 Å². The molecule has 1 heterocycles. The lowest BCUT2D eigenvalue weighted by Crippen LogP contribution is -2.39. The maximum Gasteiger partial charge on any atom is 0.255 e. The molecule has 1 atom stereocenters. The zero-order chi connectivity index (χ0) is 27.2. The molecule has 0 spiro atoms. The number of benzene rings is 3. The third-order valence-corrected chi connectivity index (χ3v) is 7.11. The van der Waals surface area contributed by atoms with Gasteiger partial charge in [-0.15, -0.1) is 0 Å². The monoisotopic (exact) mass is 629 g/mol. The molecule has 9 heteroatoms. The van der Waals surface area contributed by atoms with E-state index < -0.39 is 17.9 Å². The zero-order valence-electron chi connectivity index (χ0n) is 20.9. The Kier molecular flexibility index (Phi) is 9.01. The molecule has 4 rings (SSSR count). The number of nitrogens with two attached hydrogens (primary N) is 1. The van der Waals surface area contributed by atoms with Crippen LogP contribution in [-0.4, -0.2) is 41.2 Å². The summed E-state index contributed by atoms with van der Waals surface area (Å²) in [5, 5.41) is 13.7. The van der Waals surface area contributed by atoms with Crippen molar-refractivity contribution in [3.63, 3.8) is 0 Å². The summed E-state index contributed by atoms with van der Waals surface area (Å²) < 4.78 is 20.3. The van der Waals surface area contributed by atoms with Crippen LogP contribution >= 0.6 is 22.6 Å². The maximum atomic E-state index is 13.8. The van der Waals surface area contributed by atoms with Crippen LogP contribution in [-0.2, 0) is 10.8 Å². The number of rotatable bonds is 11. The molecule has 2 amide bonds. The molecule has 1 unspecified atom stereocenters. The molecule has 1 aromatic heterocycles. The van der Waals surface area contributed by atoms with Crippen LogP contribution in [0.15, 0.2) is 60.8 Å². The number of hydrogen-bond acceptors (Lipinski definition) is 4. The quantitative estimate of drug-likeness (QED) is 0.136. The topological polar surface area (TPSA) is 117 Å². The van der Waals surface area contributed by atoms with E-state index in [1.54, 1.807) is 36.5 Å². The van der Waals surface area contributed by atoms with Crippen molar-refractivity contribution in [3.8, 4) is 16.9 Å². The van der Waals surface area contributed by atoms with Crippen molar-refractivity contribution in [3.05, 3.63) is 88.9 Å². The summed E-state index contributed by atoms with van der Waals surface area (Å²) in [5.74, 6) is -0.806. The number of alkyl halides is 1. The lowest BCUT2D eigenvalue weighted by atomic mass is 9.97. The first-order chi connectivity index (χ1) is 18.3. The molecule has 0 aliphatic heterocycles. The molecule has 0 aliphatic carbocycles. The second-order valence-corrected chi connectivity index (χ2v) is 9.75. The van der Waals surface area contributed by atoms with Crippen LogP contribution in [0.25, 0.3) is 22.0 Å². The summed E-state index contributed by atoms with van der Waals surface area (Å²) in [6.07, 6.45) is 2.84. The van der Waals surface area contributed by atoms with E-state index in [-0.39, 0.29) is 12.4 Å². The Morgan fingerprint density at radius 2 is 1.84 bits per heavy atom. The van der Waals surface area contributed by atoms with Crippen LogP contribution in [0.2, 0.25) is 0 Å². The molecule has 5 N–H and O–H groups in total. The molecule has 3 aromatic carbocycles. The molecular formula is C29H29FIN3O4. The second kappa shape index (κ2) is 12.4. The lowest BCUT2D eigenvalue weighted by Gasteiger charge is -2.18. The number of hydrogen-bond donors (Lipinski definition) is 4. The van der Waals surface area contributed by atoms with E-state index in [0.717, 1.165) is 34.2 Å². The molecule has 0 saturated heterocycles.